The maximum Gasteiger partial charge on any atom is 0.330 e. The zero-order chi connectivity index (χ0) is 19.7. The van der Waals surface area contributed by atoms with E-state index in [0.717, 1.165) is 17.7 Å². The Hall–Kier alpha value is -2.70. The van der Waals surface area contributed by atoms with E-state index in [9.17, 15) is 19.2 Å². The smallest absolute Gasteiger partial charge is 0.330 e. The second-order valence-corrected chi connectivity index (χ2v) is 7.33. The molecule has 27 heavy (non-hydrogen) atoms. The van der Waals surface area contributed by atoms with E-state index in [4.69, 9.17) is 4.74 Å². The highest BCUT2D eigenvalue weighted by atomic mass is 16.5. The van der Waals surface area contributed by atoms with Crippen LogP contribution in [0.5, 0.6) is 0 Å². The molecule has 0 aliphatic carbocycles. The molecule has 2 aliphatic heterocycles. The first-order valence-electron chi connectivity index (χ1n) is 9.29. The van der Waals surface area contributed by atoms with Crippen LogP contribution in [0, 0.1) is 5.92 Å². The molecule has 1 aromatic carbocycles. The van der Waals surface area contributed by atoms with Gasteiger partial charge in [-0.2, -0.15) is 0 Å². The van der Waals surface area contributed by atoms with Crippen LogP contribution in [-0.2, 0) is 14.3 Å². The van der Waals surface area contributed by atoms with Crippen molar-refractivity contribution < 1.29 is 23.9 Å². The van der Waals surface area contributed by atoms with Gasteiger partial charge in [-0.1, -0.05) is 26.0 Å². The summed E-state index contributed by atoms with van der Waals surface area (Å²) >= 11 is 0. The topological polar surface area (TPSA) is 84.0 Å². The van der Waals surface area contributed by atoms with E-state index in [0.29, 0.717) is 13.1 Å². The summed E-state index contributed by atoms with van der Waals surface area (Å²) in [7, 11) is 0. The minimum atomic E-state index is -1.08. The molecule has 0 N–H and O–H groups in total. The summed E-state index contributed by atoms with van der Waals surface area (Å²) in [5.41, 5.74) is 0.560. The highest BCUT2D eigenvalue weighted by molar-refractivity contribution is 6.22. The first-order chi connectivity index (χ1) is 12.8. The van der Waals surface area contributed by atoms with Crippen molar-refractivity contribution in [2.24, 2.45) is 5.92 Å². The average Bonchev–Trinajstić information content (AvgIpc) is 3.25. The summed E-state index contributed by atoms with van der Waals surface area (Å²) in [6.45, 7) is 6.32. The Morgan fingerprint density at radius 1 is 0.963 bits per heavy atom. The van der Waals surface area contributed by atoms with Gasteiger partial charge in [0.25, 0.3) is 17.7 Å². The maximum absolute atomic E-state index is 12.8. The number of fused-ring (bicyclic) bond motifs is 1. The minimum absolute atomic E-state index is 0.245. The number of carbonyl (C=O) groups is 4. The van der Waals surface area contributed by atoms with Crippen LogP contribution in [0.3, 0.4) is 0 Å². The van der Waals surface area contributed by atoms with Crippen LogP contribution >= 0.6 is 0 Å². The van der Waals surface area contributed by atoms with E-state index in [1.807, 2.05) is 0 Å². The first kappa shape index (κ1) is 19.1. The van der Waals surface area contributed by atoms with Gasteiger partial charge in [-0.05, 0) is 37.8 Å². The lowest BCUT2D eigenvalue weighted by Gasteiger charge is -2.29. The van der Waals surface area contributed by atoms with Gasteiger partial charge >= 0.3 is 5.97 Å². The fourth-order valence-electron chi connectivity index (χ4n) is 3.63. The zero-order valence-corrected chi connectivity index (χ0v) is 15.8. The molecule has 1 fully saturated rings. The number of hydrogen-bond acceptors (Lipinski definition) is 5. The number of hydrogen-bond donors (Lipinski definition) is 0. The molecule has 0 aromatic heterocycles. The van der Waals surface area contributed by atoms with Gasteiger partial charge in [-0.15, -0.1) is 0 Å². The Balaban J connectivity index is 1.78. The number of ether oxygens (including phenoxy) is 1. The van der Waals surface area contributed by atoms with Crippen molar-refractivity contribution in [2.45, 2.75) is 45.8 Å². The van der Waals surface area contributed by atoms with Crippen molar-refractivity contribution in [1.29, 1.82) is 0 Å². The van der Waals surface area contributed by atoms with Gasteiger partial charge in [0.05, 0.1) is 11.1 Å². The van der Waals surface area contributed by atoms with E-state index in [1.54, 1.807) is 43.0 Å². The third kappa shape index (κ3) is 3.46. The van der Waals surface area contributed by atoms with Gasteiger partial charge in [-0.25, -0.2) is 4.79 Å². The number of rotatable bonds is 5. The molecule has 2 aliphatic rings. The van der Waals surface area contributed by atoms with E-state index < -0.39 is 29.9 Å². The van der Waals surface area contributed by atoms with Gasteiger partial charge in [0, 0.05) is 13.1 Å². The Bertz CT molecular complexity index is 747. The van der Waals surface area contributed by atoms with E-state index >= 15 is 0 Å². The van der Waals surface area contributed by atoms with E-state index in [-0.39, 0.29) is 23.0 Å². The van der Waals surface area contributed by atoms with Crippen LogP contribution in [0.15, 0.2) is 24.3 Å². The molecule has 3 amide bonds. The van der Waals surface area contributed by atoms with Crippen LogP contribution in [-0.4, -0.2) is 58.7 Å². The number of likely N-dealkylation sites (tertiary alicyclic amines) is 1. The van der Waals surface area contributed by atoms with Gasteiger partial charge in [0.2, 0.25) is 0 Å². The van der Waals surface area contributed by atoms with Crippen LogP contribution in [0.25, 0.3) is 0 Å². The molecule has 0 unspecified atom stereocenters. The lowest BCUT2D eigenvalue weighted by molar-refractivity contribution is -0.163. The molecule has 3 rings (SSSR count). The molecule has 2 atom stereocenters. The third-order valence-electron chi connectivity index (χ3n) is 5.04. The van der Waals surface area contributed by atoms with Crippen molar-refractivity contribution in [3.05, 3.63) is 35.4 Å². The molecule has 1 aromatic rings. The number of amides is 3. The highest BCUT2D eigenvalue weighted by Gasteiger charge is 2.45. The Morgan fingerprint density at radius 3 is 1.96 bits per heavy atom. The van der Waals surface area contributed by atoms with Crippen LogP contribution in [0.4, 0.5) is 0 Å². The maximum atomic E-state index is 12.8. The third-order valence-corrected chi connectivity index (χ3v) is 5.04. The van der Waals surface area contributed by atoms with Gasteiger partial charge in [0.15, 0.2) is 6.10 Å². The molecule has 7 heteroatoms. The standard InChI is InChI=1S/C20H24N2O5/c1-12(2)16(20(26)27-13(3)17(23)21-10-6-7-11-21)22-18(24)14-8-4-5-9-15(14)19(22)25/h4-5,8-9,12-13,16H,6-7,10-11H2,1-3H3/t13-,16-/m1/s1. The second kappa shape index (κ2) is 7.50. The summed E-state index contributed by atoms with van der Waals surface area (Å²) in [6.07, 6.45) is 0.929. The number of benzene rings is 1. The molecule has 144 valence electrons. The average molecular weight is 372 g/mol. The number of nitrogens with zero attached hydrogens (tertiary/aromatic N) is 2. The number of carbonyl (C=O) groups excluding carboxylic acids is 4. The SMILES string of the molecule is CC(C)[C@H](C(=O)O[C@H](C)C(=O)N1CCCC1)N1C(=O)c2ccccc2C1=O. The van der Waals surface area contributed by atoms with Crippen LogP contribution < -0.4 is 0 Å². The summed E-state index contributed by atoms with van der Waals surface area (Å²) in [5.74, 6) is -2.35. The number of esters is 1. The minimum Gasteiger partial charge on any atom is -0.451 e. The highest BCUT2D eigenvalue weighted by Crippen LogP contribution is 2.28. The van der Waals surface area contributed by atoms with Gasteiger partial charge in [0.1, 0.15) is 6.04 Å². The monoisotopic (exact) mass is 372 g/mol. The molecular weight excluding hydrogens is 348 g/mol. The molecule has 0 radical (unpaired) electrons. The normalized spacial score (nSPS) is 18.7. The van der Waals surface area contributed by atoms with Gasteiger partial charge < -0.3 is 9.64 Å². The largest absolute Gasteiger partial charge is 0.451 e. The van der Waals surface area contributed by atoms with Crippen molar-refractivity contribution in [1.82, 2.24) is 9.80 Å². The lowest BCUT2D eigenvalue weighted by Crippen LogP contribution is -2.50. The Kier molecular flexibility index (Phi) is 5.30. The van der Waals surface area contributed by atoms with Crippen molar-refractivity contribution in [2.75, 3.05) is 13.1 Å². The molecule has 0 bridgehead atoms. The molecule has 7 nitrogen and oxygen atoms in total. The first-order valence-corrected chi connectivity index (χ1v) is 9.29. The van der Waals surface area contributed by atoms with Crippen LogP contribution in [0.2, 0.25) is 0 Å². The summed E-state index contributed by atoms with van der Waals surface area (Å²) < 4.78 is 5.38. The molecular formula is C20H24N2O5. The summed E-state index contributed by atoms with van der Waals surface area (Å²) in [6, 6.07) is 5.40. The second-order valence-electron chi connectivity index (χ2n) is 7.33. The molecule has 2 heterocycles. The molecule has 0 saturated carbocycles. The molecule has 0 spiro atoms. The predicted octanol–water partition coefficient (Wildman–Crippen LogP) is 1.86. The Morgan fingerprint density at radius 2 is 1.48 bits per heavy atom. The van der Waals surface area contributed by atoms with Crippen molar-refractivity contribution in [3.63, 3.8) is 0 Å². The molecule has 1 saturated heterocycles. The van der Waals surface area contributed by atoms with Crippen molar-refractivity contribution >= 4 is 23.7 Å². The fourth-order valence-corrected chi connectivity index (χ4v) is 3.63. The fraction of sp³-hybridized carbons (Fsp3) is 0.500. The Labute approximate surface area is 158 Å². The summed E-state index contributed by atoms with van der Waals surface area (Å²) in [4.78, 5) is 53.3. The van der Waals surface area contributed by atoms with Crippen molar-refractivity contribution in [3.8, 4) is 0 Å². The van der Waals surface area contributed by atoms with E-state index in [2.05, 4.69) is 0 Å². The quantitative estimate of drug-likeness (QED) is 0.582. The number of imide groups is 1. The van der Waals surface area contributed by atoms with Gasteiger partial charge in [-0.3, -0.25) is 19.3 Å². The summed E-state index contributed by atoms with van der Waals surface area (Å²) in [5, 5.41) is 0. The predicted molar refractivity (Wildman–Crippen MR) is 96.9 cm³/mol. The lowest BCUT2D eigenvalue weighted by atomic mass is 10.0. The van der Waals surface area contributed by atoms with E-state index in [1.165, 1.54) is 6.92 Å². The zero-order valence-electron chi connectivity index (χ0n) is 15.8. The van der Waals surface area contributed by atoms with Crippen LogP contribution in [0.1, 0.15) is 54.3 Å².